The van der Waals surface area contributed by atoms with E-state index in [0.717, 1.165) is 6.42 Å². The maximum absolute atomic E-state index is 13.5. The van der Waals surface area contributed by atoms with Gasteiger partial charge in [0, 0.05) is 0 Å². The zero-order valence-electron chi connectivity index (χ0n) is 11.2. The van der Waals surface area contributed by atoms with E-state index < -0.39 is 11.7 Å². The van der Waals surface area contributed by atoms with Crippen molar-refractivity contribution in [1.29, 1.82) is 0 Å². The van der Waals surface area contributed by atoms with Gasteiger partial charge in [-0.25, -0.2) is 19.4 Å². The van der Waals surface area contributed by atoms with Crippen LogP contribution in [-0.4, -0.2) is 36.2 Å². The molecule has 0 radical (unpaired) electrons. The number of carbonyl (C=O) groups excluding carboxylic acids is 1. The van der Waals surface area contributed by atoms with E-state index in [1.165, 1.54) is 24.5 Å². The first-order chi connectivity index (χ1) is 10.2. The van der Waals surface area contributed by atoms with Gasteiger partial charge >= 0.3 is 5.91 Å². The Morgan fingerprint density at radius 3 is 2.90 bits per heavy atom. The Morgan fingerprint density at radius 1 is 1.24 bits per heavy atom. The van der Waals surface area contributed by atoms with Crippen LogP contribution in [0, 0.1) is 5.82 Å². The highest BCUT2D eigenvalue weighted by atomic mass is 19.1. The second-order valence-corrected chi connectivity index (χ2v) is 4.39. The number of rotatable bonds is 4. The number of hydrogen-bond acceptors (Lipinski definition) is 5. The maximum atomic E-state index is 13.5. The molecule has 0 atom stereocenters. The fourth-order valence-corrected chi connectivity index (χ4v) is 1.90. The van der Waals surface area contributed by atoms with Crippen LogP contribution in [0.1, 0.15) is 18.9 Å². The van der Waals surface area contributed by atoms with Gasteiger partial charge in [-0.15, -0.1) is 0 Å². The number of ether oxygens (including phenoxy) is 1. The molecule has 2 aliphatic heterocycles. The Hall–Kier alpha value is -2.70. The van der Waals surface area contributed by atoms with Crippen LogP contribution in [0.4, 0.5) is 4.39 Å². The summed E-state index contributed by atoms with van der Waals surface area (Å²) in [5, 5.41) is 0. The molecule has 0 saturated heterocycles. The Bertz CT molecular complexity index is 734. The van der Waals surface area contributed by atoms with Crippen molar-refractivity contribution in [2.45, 2.75) is 13.3 Å². The summed E-state index contributed by atoms with van der Waals surface area (Å²) < 4.78 is 19.0. The molecule has 1 aromatic rings. The number of nitrogens with zero attached hydrogens (tertiary/aromatic N) is 4. The molecular weight excluding hydrogens is 275 g/mol. The molecule has 1 aromatic carbocycles. The van der Waals surface area contributed by atoms with Crippen molar-refractivity contribution in [2.75, 3.05) is 6.61 Å². The lowest BCUT2D eigenvalue weighted by atomic mass is 10.1. The molecule has 6 nitrogen and oxygen atoms in total. The topological polar surface area (TPSA) is 75.7 Å². The number of carbonyl (C=O) groups is 1. The molecular formula is C14H11FN4O2. The summed E-state index contributed by atoms with van der Waals surface area (Å²) in [6.45, 7) is 2.43. The Kier molecular flexibility index (Phi) is 3.39. The zero-order chi connectivity index (χ0) is 14.8. The van der Waals surface area contributed by atoms with Gasteiger partial charge < -0.3 is 4.74 Å². The zero-order valence-corrected chi connectivity index (χ0v) is 11.2. The molecule has 1 amide bonds. The molecule has 21 heavy (non-hydrogen) atoms. The molecule has 106 valence electrons. The quantitative estimate of drug-likeness (QED) is 0.846. The lowest BCUT2D eigenvalue weighted by Crippen LogP contribution is -2.26. The van der Waals surface area contributed by atoms with Gasteiger partial charge in [0.1, 0.15) is 17.9 Å². The molecule has 0 unspecified atom stereocenters. The molecule has 0 aliphatic carbocycles. The standard InChI is InChI=1S/C14H11FN4O2/c1-2-5-21-10-4-3-8(15)6-9(10)12-18-13-11(14(20)19-12)16-7-17-13/h3-4,6-7H,2,5H2,1H3. The van der Waals surface area contributed by atoms with Gasteiger partial charge in [0.2, 0.25) is 0 Å². The Balaban J connectivity index is 2.04. The SMILES string of the molecule is CCCOc1ccc(F)cc1C1=NC(=O)C2=NC=NC2=N1. The fraction of sp³-hybridized carbons (Fsp3) is 0.214. The van der Waals surface area contributed by atoms with E-state index in [2.05, 4.69) is 20.0 Å². The van der Waals surface area contributed by atoms with Crippen LogP contribution >= 0.6 is 0 Å². The third-order valence-electron chi connectivity index (χ3n) is 2.84. The number of benzene rings is 1. The van der Waals surface area contributed by atoms with Crippen LogP contribution in [-0.2, 0) is 4.79 Å². The minimum atomic E-state index is -0.543. The van der Waals surface area contributed by atoms with Gasteiger partial charge in [0.05, 0.1) is 12.2 Å². The van der Waals surface area contributed by atoms with Gasteiger partial charge in [-0.2, -0.15) is 4.99 Å². The van der Waals surface area contributed by atoms with E-state index >= 15 is 0 Å². The number of amidine groups is 2. The monoisotopic (exact) mass is 286 g/mol. The Labute approximate surface area is 119 Å². The van der Waals surface area contributed by atoms with Crippen molar-refractivity contribution >= 4 is 29.6 Å². The van der Waals surface area contributed by atoms with E-state index in [4.69, 9.17) is 4.74 Å². The predicted molar refractivity (Wildman–Crippen MR) is 77.1 cm³/mol. The van der Waals surface area contributed by atoms with Crippen LogP contribution < -0.4 is 4.74 Å². The highest BCUT2D eigenvalue weighted by molar-refractivity contribution is 6.71. The van der Waals surface area contributed by atoms with Gasteiger partial charge in [0.25, 0.3) is 0 Å². The average molecular weight is 286 g/mol. The third kappa shape index (κ3) is 2.49. The van der Waals surface area contributed by atoms with Crippen LogP contribution in [0.3, 0.4) is 0 Å². The molecule has 0 fully saturated rings. The molecule has 0 N–H and O–H groups in total. The summed E-state index contributed by atoms with van der Waals surface area (Å²) in [5.41, 5.74) is 0.427. The van der Waals surface area contributed by atoms with E-state index in [-0.39, 0.29) is 17.4 Å². The first kappa shape index (κ1) is 13.3. The number of aliphatic imine (C=N–C) groups is 4. The smallest absolute Gasteiger partial charge is 0.301 e. The summed E-state index contributed by atoms with van der Waals surface area (Å²) in [7, 11) is 0. The second kappa shape index (κ2) is 5.35. The van der Waals surface area contributed by atoms with Crippen molar-refractivity contribution in [2.24, 2.45) is 20.0 Å². The number of halogens is 1. The largest absolute Gasteiger partial charge is 0.493 e. The molecule has 7 heteroatoms. The van der Waals surface area contributed by atoms with E-state index in [9.17, 15) is 9.18 Å². The summed E-state index contributed by atoms with van der Waals surface area (Å²) in [6.07, 6.45) is 2.04. The molecule has 0 saturated carbocycles. The van der Waals surface area contributed by atoms with Crippen molar-refractivity contribution in [3.05, 3.63) is 29.6 Å². The van der Waals surface area contributed by atoms with Gasteiger partial charge in [-0.05, 0) is 24.6 Å². The Morgan fingerprint density at radius 2 is 2.10 bits per heavy atom. The highest BCUT2D eigenvalue weighted by Gasteiger charge is 2.27. The van der Waals surface area contributed by atoms with Crippen molar-refractivity contribution in [3.8, 4) is 5.75 Å². The first-order valence-corrected chi connectivity index (χ1v) is 6.44. The average Bonchev–Trinajstić information content (AvgIpc) is 2.95. The summed E-state index contributed by atoms with van der Waals surface area (Å²) in [5.74, 6) is -0.303. The van der Waals surface area contributed by atoms with Crippen LogP contribution in [0.15, 0.2) is 38.2 Å². The van der Waals surface area contributed by atoms with Crippen molar-refractivity contribution in [3.63, 3.8) is 0 Å². The van der Waals surface area contributed by atoms with Crippen molar-refractivity contribution < 1.29 is 13.9 Å². The van der Waals surface area contributed by atoms with Crippen molar-refractivity contribution in [1.82, 2.24) is 0 Å². The minimum Gasteiger partial charge on any atom is -0.493 e. The maximum Gasteiger partial charge on any atom is 0.301 e. The molecule has 3 rings (SSSR count). The van der Waals surface area contributed by atoms with Crippen LogP contribution in [0.2, 0.25) is 0 Å². The van der Waals surface area contributed by atoms with Crippen LogP contribution in [0.5, 0.6) is 5.75 Å². The third-order valence-corrected chi connectivity index (χ3v) is 2.84. The second-order valence-electron chi connectivity index (χ2n) is 4.39. The molecule has 0 aromatic heterocycles. The van der Waals surface area contributed by atoms with E-state index in [1.54, 1.807) is 0 Å². The van der Waals surface area contributed by atoms with Crippen LogP contribution in [0.25, 0.3) is 0 Å². The summed E-state index contributed by atoms with van der Waals surface area (Å²) in [6, 6.07) is 4.02. The summed E-state index contributed by atoms with van der Waals surface area (Å²) in [4.78, 5) is 27.5. The molecule has 0 bridgehead atoms. The highest BCUT2D eigenvalue weighted by Crippen LogP contribution is 2.23. The number of fused-ring (bicyclic) bond motifs is 1. The molecule has 2 aliphatic rings. The lowest BCUT2D eigenvalue weighted by Gasteiger charge is -2.13. The lowest BCUT2D eigenvalue weighted by molar-refractivity contribution is -0.111. The molecule has 2 heterocycles. The van der Waals surface area contributed by atoms with Gasteiger partial charge in [0.15, 0.2) is 17.4 Å². The normalized spacial score (nSPS) is 16.3. The van der Waals surface area contributed by atoms with E-state index in [1.807, 2.05) is 6.92 Å². The minimum absolute atomic E-state index is 0.0820. The van der Waals surface area contributed by atoms with Gasteiger partial charge in [-0.1, -0.05) is 6.92 Å². The number of amides is 1. The van der Waals surface area contributed by atoms with E-state index in [0.29, 0.717) is 17.9 Å². The predicted octanol–water partition coefficient (Wildman–Crippen LogP) is 1.78. The van der Waals surface area contributed by atoms with Gasteiger partial charge in [-0.3, -0.25) is 4.79 Å². The first-order valence-electron chi connectivity index (χ1n) is 6.44. The fourth-order valence-electron chi connectivity index (χ4n) is 1.90. The number of hydrogen-bond donors (Lipinski definition) is 0. The molecule has 0 spiro atoms. The summed E-state index contributed by atoms with van der Waals surface area (Å²) >= 11 is 0.